The van der Waals surface area contributed by atoms with E-state index in [0.29, 0.717) is 12.1 Å². The maximum Gasteiger partial charge on any atom is 0.327 e. The standard InChI is InChI=1S/C11H15N3O2/c1-11(2,6-12)14-9-4-3-7(15)5-8(9)13-10(14)16/h3-5,15H,6,12H2,1-2H3,(H,13,16). The molecule has 0 aliphatic rings. The molecule has 0 bridgehead atoms. The molecule has 5 nitrogen and oxygen atoms in total. The molecule has 0 fully saturated rings. The SMILES string of the molecule is CC(C)(CN)n1c(=O)[nH]c2cc(O)ccc21. The summed E-state index contributed by atoms with van der Waals surface area (Å²) in [6.45, 7) is 4.16. The Morgan fingerprint density at radius 2 is 2.19 bits per heavy atom. The minimum absolute atomic E-state index is 0.131. The van der Waals surface area contributed by atoms with Crippen molar-refractivity contribution in [3.8, 4) is 5.75 Å². The Kier molecular flexibility index (Phi) is 2.27. The number of aromatic hydroxyl groups is 1. The van der Waals surface area contributed by atoms with Crippen LogP contribution in [0.15, 0.2) is 23.0 Å². The highest BCUT2D eigenvalue weighted by Gasteiger charge is 2.23. The molecule has 0 saturated heterocycles. The summed E-state index contributed by atoms with van der Waals surface area (Å²) in [5, 5.41) is 9.33. The molecule has 1 aromatic heterocycles. The highest BCUT2D eigenvalue weighted by Crippen LogP contribution is 2.21. The van der Waals surface area contributed by atoms with Crippen LogP contribution in [0.3, 0.4) is 0 Å². The van der Waals surface area contributed by atoms with Crippen molar-refractivity contribution in [1.82, 2.24) is 9.55 Å². The van der Waals surface area contributed by atoms with Crippen LogP contribution >= 0.6 is 0 Å². The van der Waals surface area contributed by atoms with Gasteiger partial charge in [-0.2, -0.15) is 0 Å². The number of benzene rings is 1. The molecule has 0 atom stereocenters. The van der Waals surface area contributed by atoms with Crippen LogP contribution in [0.1, 0.15) is 13.8 Å². The van der Waals surface area contributed by atoms with Gasteiger partial charge in [0.15, 0.2) is 0 Å². The lowest BCUT2D eigenvalue weighted by atomic mass is 10.1. The van der Waals surface area contributed by atoms with Crippen molar-refractivity contribution in [2.75, 3.05) is 6.54 Å². The molecule has 86 valence electrons. The van der Waals surface area contributed by atoms with E-state index in [9.17, 15) is 9.90 Å². The van der Waals surface area contributed by atoms with Gasteiger partial charge in [-0.15, -0.1) is 0 Å². The number of H-pyrrole nitrogens is 1. The number of nitrogens with two attached hydrogens (primary N) is 1. The van der Waals surface area contributed by atoms with Gasteiger partial charge in [0.05, 0.1) is 16.6 Å². The molecule has 0 unspecified atom stereocenters. The fourth-order valence-corrected chi connectivity index (χ4v) is 1.79. The van der Waals surface area contributed by atoms with Gasteiger partial charge in [0.25, 0.3) is 0 Å². The molecule has 1 aromatic carbocycles. The molecule has 0 radical (unpaired) electrons. The lowest BCUT2D eigenvalue weighted by molar-refractivity contribution is 0.367. The Balaban J connectivity index is 2.80. The molecule has 16 heavy (non-hydrogen) atoms. The number of nitrogens with zero attached hydrogens (tertiary/aromatic N) is 1. The van der Waals surface area contributed by atoms with E-state index in [-0.39, 0.29) is 11.4 Å². The van der Waals surface area contributed by atoms with Gasteiger partial charge >= 0.3 is 5.69 Å². The molecule has 0 aliphatic carbocycles. The van der Waals surface area contributed by atoms with E-state index < -0.39 is 5.54 Å². The minimum Gasteiger partial charge on any atom is -0.508 e. The number of hydrogen-bond acceptors (Lipinski definition) is 3. The van der Waals surface area contributed by atoms with Crippen molar-refractivity contribution in [3.63, 3.8) is 0 Å². The topological polar surface area (TPSA) is 84.0 Å². The first-order chi connectivity index (χ1) is 7.45. The third kappa shape index (κ3) is 1.49. The van der Waals surface area contributed by atoms with Crippen LogP contribution in [0.5, 0.6) is 5.75 Å². The quantitative estimate of drug-likeness (QED) is 0.699. The third-order valence-corrected chi connectivity index (χ3v) is 2.77. The second-order valence-corrected chi connectivity index (χ2v) is 4.48. The first-order valence-corrected chi connectivity index (χ1v) is 5.10. The fourth-order valence-electron chi connectivity index (χ4n) is 1.79. The van der Waals surface area contributed by atoms with Crippen LogP contribution in [-0.2, 0) is 5.54 Å². The summed E-state index contributed by atoms with van der Waals surface area (Å²) < 4.78 is 1.61. The first kappa shape index (κ1) is 10.8. The number of phenols is 1. The maximum absolute atomic E-state index is 11.8. The number of nitrogens with one attached hydrogen (secondary N) is 1. The normalized spacial score (nSPS) is 12.2. The van der Waals surface area contributed by atoms with E-state index in [1.54, 1.807) is 16.7 Å². The molecule has 2 aromatic rings. The first-order valence-electron chi connectivity index (χ1n) is 5.10. The number of hydrogen-bond donors (Lipinski definition) is 3. The molecule has 0 spiro atoms. The Hall–Kier alpha value is -1.75. The van der Waals surface area contributed by atoms with Crippen molar-refractivity contribution in [1.29, 1.82) is 0 Å². The van der Waals surface area contributed by atoms with E-state index in [4.69, 9.17) is 5.73 Å². The third-order valence-electron chi connectivity index (χ3n) is 2.77. The van der Waals surface area contributed by atoms with Crippen LogP contribution in [0, 0.1) is 0 Å². The van der Waals surface area contributed by atoms with Crippen molar-refractivity contribution in [2.45, 2.75) is 19.4 Å². The van der Waals surface area contributed by atoms with Gasteiger partial charge in [0.1, 0.15) is 5.75 Å². The van der Waals surface area contributed by atoms with Gasteiger partial charge in [-0.3, -0.25) is 4.57 Å². The average molecular weight is 221 g/mol. The van der Waals surface area contributed by atoms with Gasteiger partial charge in [0, 0.05) is 12.6 Å². The van der Waals surface area contributed by atoms with E-state index in [1.165, 1.54) is 6.07 Å². The van der Waals surface area contributed by atoms with E-state index >= 15 is 0 Å². The highest BCUT2D eigenvalue weighted by molar-refractivity contribution is 5.77. The van der Waals surface area contributed by atoms with Crippen LogP contribution in [-0.4, -0.2) is 21.2 Å². The number of rotatable bonds is 2. The predicted molar refractivity (Wildman–Crippen MR) is 62.6 cm³/mol. The Morgan fingerprint density at radius 1 is 1.50 bits per heavy atom. The van der Waals surface area contributed by atoms with Gasteiger partial charge in [0.2, 0.25) is 0 Å². The lowest BCUT2D eigenvalue weighted by Gasteiger charge is -2.24. The van der Waals surface area contributed by atoms with Crippen molar-refractivity contribution in [3.05, 3.63) is 28.7 Å². The monoisotopic (exact) mass is 221 g/mol. The highest BCUT2D eigenvalue weighted by atomic mass is 16.3. The van der Waals surface area contributed by atoms with Gasteiger partial charge < -0.3 is 15.8 Å². The number of fused-ring (bicyclic) bond motifs is 1. The van der Waals surface area contributed by atoms with E-state index in [0.717, 1.165) is 5.52 Å². The molecule has 5 heteroatoms. The summed E-state index contributed by atoms with van der Waals surface area (Å²) >= 11 is 0. The van der Waals surface area contributed by atoms with Crippen molar-refractivity contribution in [2.24, 2.45) is 5.73 Å². The summed E-state index contributed by atoms with van der Waals surface area (Å²) in [5.41, 5.74) is 6.37. The van der Waals surface area contributed by atoms with Gasteiger partial charge in [-0.1, -0.05) is 0 Å². The second kappa shape index (κ2) is 3.38. The molecule has 4 N–H and O–H groups in total. The average Bonchev–Trinajstić information content (AvgIpc) is 2.53. The lowest BCUT2D eigenvalue weighted by Crippen LogP contribution is -2.40. The Morgan fingerprint density at radius 3 is 2.81 bits per heavy atom. The zero-order valence-corrected chi connectivity index (χ0v) is 9.32. The van der Waals surface area contributed by atoms with E-state index in [1.807, 2.05) is 13.8 Å². The molecule has 0 aliphatic heterocycles. The second-order valence-electron chi connectivity index (χ2n) is 4.48. The minimum atomic E-state index is -0.452. The molecule has 0 amide bonds. The van der Waals surface area contributed by atoms with Crippen molar-refractivity contribution < 1.29 is 5.11 Å². The fraction of sp³-hybridized carbons (Fsp3) is 0.364. The summed E-state index contributed by atoms with van der Waals surface area (Å²) in [6.07, 6.45) is 0. The van der Waals surface area contributed by atoms with Crippen molar-refractivity contribution >= 4 is 11.0 Å². The Bertz CT molecular complexity index is 580. The van der Waals surface area contributed by atoms with Gasteiger partial charge in [-0.05, 0) is 26.0 Å². The maximum atomic E-state index is 11.8. The number of aromatic amines is 1. The smallest absolute Gasteiger partial charge is 0.327 e. The molecular formula is C11H15N3O2. The Labute approximate surface area is 92.5 Å². The van der Waals surface area contributed by atoms with Crippen LogP contribution < -0.4 is 11.4 Å². The van der Waals surface area contributed by atoms with Crippen LogP contribution in [0.25, 0.3) is 11.0 Å². The largest absolute Gasteiger partial charge is 0.508 e. The summed E-state index contributed by atoms with van der Waals surface area (Å²) in [7, 11) is 0. The predicted octanol–water partition coefficient (Wildman–Crippen LogP) is 0.729. The van der Waals surface area contributed by atoms with Crippen LogP contribution in [0.4, 0.5) is 0 Å². The van der Waals surface area contributed by atoms with Gasteiger partial charge in [-0.25, -0.2) is 4.79 Å². The molecule has 0 saturated carbocycles. The van der Waals surface area contributed by atoms with E-state index in [2.05, 4.69) is 4.98 Å². The number of imidazole rings is 1. The summed E-state index contributed by atoms with van der Waals surface area (Å²) in [6, 6.07) is 4.79. The van der Waals surface area contributed by atoms with Crippen LogP contribution in [0.2, 0.25) is 0 Å². The zero-order valence-electron chi connectivity index (χ0n) is 9.32. The zero-order chi connectivity index (χ0) is 11.9. The molecule has 1 heterocycles. The molecular weight excluding hydrogens is 206 g/mol. The summed E-state index contributed by atoms with van der Waals surface area (Å²) in [5.74, 6) is 0.131. The number of phenolic OH excluding ortho intramolecular Hbond substituents is 1. The summed E-state index contributed by atoms with van der Waals surface area (Å²) in [4.78, 5) is 14.5. The number of aromatic nitrogens is 2. The molecule has 2 rings (SSSR count).